The normalized spacial score (nSPS) is 18.4. The third-order valence-electron chi connectivity index (χ3n) is 9.10. The molecule has 0 radical (unpaired) electrons. The summed E-state index contributed by atoms with van der Waals surface area (Å²) in [4.78, 5) is 35.9. The average Bonchev–Trinajstić information content (AvgIpc) is 3.15. The van der Waals surface area contributed by atoms with Crippen molar-refractivity contribution in [2.45, 2.75) is 83.0 Å². The summed E-state index contributed by atoms with van der Waals surface area (Å²) in [6.07, 6.45) is 2.11. The van der Waals surface area contributed by atoms with Crippen molar-refractivity contribution in [2.24, 2.45) is 5.92 Å². The Balaban J connectivity index is 1.23. The molecule has 4 aromatic rings. The molecule has 1 fully saturated rings. The second kappa shape index (κ2) is 19.4. The highest BCUT2D eigenvalue weighted by atomic mass is 32.2. The van der Waals surface area contributed by atoms with Crippen LogP contribution in [-0.2, 0) is 37.0 Å². The van der Waals surface area contributed by atoms with E-state index in [4.69, 9.17) is 9.47 Å². The third kappa shape index (κ3) is 11.5. The smallest absolute Gasteiger partial charge is 0.221 e. The molecular weight excluding hydrogens is 675 g/mol. The number of anilines is 1. The minimum Gasteiger partial charge on any atom is -0.392 e. The number of rotatable bonds is 16. The lowest BCUT2D eigenvalue weighted by atomic mass is 9.91. The lowest BCUT2D eigenvalue weighted by Crippen LogP contribution is -2.38. The summed E-state index contributed by atoms with van der Waals surface area (Å²) < 4.78 is 13.3. The van der Waals surface area contributed by atoms with Gasteiger partial charge in [-0.15, -0.1) is 11.8 Å². The first-order chi connectivity index (χ1) is 25.2. The van der Waals surface area contributed by atoms with Gasteiger partial charge in [0, 0.05) is 61.2 Å². The molecule has 0 unspecified atom stereocenters. The van der Waals surface area contributed by atoms with Crippen molar-refractivity contribution in [2.75, 3.05) is 17.6 Å². The zero-order valence-electron chi connectivity index (χ0n) is 30.1. The molecule has 0 spiro atoms. The molecule has 5 rings (SSSR count). The molecule has 4 N–H and O–H groups in total. The minimum atomic E-state index is -0.576. The number of aliphatic hydroxyl groups excluding tert-OH is 1. The van der Waals surface area contributed by atoms with Gasteiger partial charge < -0.3 is 30.5 Å². The van der Waals surface area contributed by atoms with Crippen molar-refractivity contribution >= 4 is 35.2 Å². The van der Waals surface area contributed by atoms with E-state index in [1.54, 1.807) is 11.8 Å². The number of nitrogens with one attached hydrogen (secondary N) is 3. The van der Waals surface area contributed by atoms with Gasteiger partial charge in [0.1, 0.15) is 0 Å². The summed E-state index contributed by atoms with van der Waals surface area (Å²) in [5, 5.41) is 18.2. The molecule has 4 atom stereocenters. The maximum Gasteiger partial charge on any atom is 0.221 e. The van der Waals surface area contributed by atoms with Gasteiger partial charge in [0.2, 0.25) is 17.7 Å². The van der Waals surface area contributed by atoms with Crippen LogP contribution in [0.5, 0.6) is 0 Å². The number of carbonyl (C=O) groups is 3. The number of thioether (sulfide) groups is 1. The number of ether oxygens (including phenoxy) is 2. The summed E-state index contributed by atoms with van der Waals surface area (Å²) in [6.45, 7) is 6.24. The first-order valence-electron chi connectivity index (χ1n) is 17.9. The van der Waals surface area contributed by atoms with E-state index >= 15 is 0 Å². The van der Waals surface area contributed by atoms with Gasteiger partial charge >= 0.3 is 0 Å². The lowest BCUT2D eigenvalue weighted by molar-refractivity contribution is -0.268. The zero-order chi connectivity index (χ0) is 36.9. The van der Waals surface area contributed by atoms with Crippen LogP contribution in [0.15, 0.2) is 102 Å². The fourth-order valence-electron chi connectivity index (χ4n) is 6.16. The first-order valence-corrected chi connectivity index (χ1v) is 18.9. The van der Waals surface area contributed by atoms with E-state index in [1.165, 1.54) is 13.8 Å². The van der Waals surface area contributed by atoms with E-state index < -0.39 is 6.29 Å². The topological polar surface area (TPSA) is 126 Å². The van der Waals surface area contributed by atoms with Crippen LogP contribution in [0, 0.1) is 5.92 Å². The highest BCUT2D eigenvalue weighted by Crippen LogP contribution is 2.43. The number of hydrogen-bond acceptors (Lipinski definition) is 7. The lowest BCUT2D eigenvalue weighted by Gasteiger charge is -2.41. The molecule has 3 amide bonds. The highest BCUT2D eigenvalue weighted by molar-refractivity contribution is 7.99. The molecule has 0 aromatic heterocycles. The molecule has 274 valence electrons. The van der Waals surface area contributed by atoms with E-state index in [9.17, 15) is 19.5 Å². The second-order valence-electron chi connectivity index (χ2n) is 13.2. The van der Waals surface area contributed by atoms with Crippen LogP contribution >= 0.6 is 11.8 Å². The number of amides is 3. The Labute approximate surface area is 310 Å². The van der Waals surface area contributed by atoms with Crippen molar-refractivity contribution in [1.82, 2.24) is 10.6 Å². The molecule has 1 aliphatic heterocycles. The third-order valence-corrected chi connectivity index (χ3v) is 10.2. The van der Waals surface area contributed by atoms with Crippen LogP contribution in [-0.4, -0.2) is 41.2 Å². The SMILES string of the molecule is CC(=O)NCCCCCC(=O)NCc1cccc(-c2ccc([C@@H]3O[C@H](CSc4ccc(NC(C)=O)cc4)[C@H](C)[C@H](c4ccc(CO)cc4)O3)cc2)c1. The minimum absolute atomic E-state index is 0.0139. The number of unbranched alkanes of at least 4 members (excludes halogenated alkanes) is 2. The van der Waals surface area contributed by atoms with Crippen molar-refractivity contribution in [3.63, 3.8) is 0 Å². The van der Waals surface area contributed by atoms with E-state index in [-0.39, 0.29) is 42.5 Å². The van der Waals surface area contributed by atoms with Crippen molar-refractivity contribution in [1.29, 1.82) is 0 Å². The van der Waals surface area contributed by atoms with Crippen LogP contribution in [0.25, 0.3) is 11.1 Å². The average molecular weight is 724 g/mol. The molecule has 0 bridgehead atoms. The monoisotopic (exact) mass is 723 g/mol. The summed E-state index contributed by atoms with van der Waals surface area (Å²) in [5.41, 5.74) is 6.69. The maximum absolute atomic E-state index is 12.4. The summed E-state index contributed by atoms with van der Waals surface area (Å²) >= 11 is 1.71. The van der Waals surface area contributed by atoms with Crippen molar-refractivity contribution < 1.29 is 29.0 Å². The van der Waals surface area contributed by atoms with Gasteiger partial charge in [0.05, 0.1) is 18.8 Å². The van der Waals surface area contributed by atoms with Gasteiger partial charge in [-0.1, -0.05) is 80.1 Å². The summed E-state index contributed by atoms with van der Waals surface area (Å²) in [7, 11) is 0. The fourth-order valence-corrected chi connectivity index (χ4v) is 7.23. The van der Waals surface area contributed by atoms with Gasteiger partial charge in [-0.3, -0.25) is 14.4 Å². The van der Waals surface area contributed by atoms with Gasteiger partial charge in [0.25, 0.3) is 0 Å². The largest absolute Gasteiger partial charge is 0.392 e. The Hall–Kier alpha value is -4.48. The van der Waals surface area contributed by atoms with Crippen LogP contribution < -0.4 is 16.0 Å². The molecule has 1 saturated heterocycles. The van der Waals surface area contributed by atoms with E-state index in [0.29, 0.717) is 25.3 Å². The summed E-state index contributed by atoms with van der Waals surface area (Å²) in [5.74, 6) is 0.663. The Morgan fingerprint density at radius 1 is 0.750 bits per heavy atom. The maximum atomic E-state index is 12.4. The predicted molar refractivity (Wildman–Crippen MR) is 205 cm³/mol. The fraction of sp³-hybridized carbons (Fsp3) is 0.357. The van der Waals surface area contributed by atoms with Crippen molar-refractivity contribution in [3.8, 4) is 11.1 Å². The Kier molecular flexibility index (Phi) is 14.4. The van der Waals surface area contributed by atoms with Crippen LogP contribution in [0.1, 0.15) is 81.1 Å². The number of aliphatic hydroxyl groups is 1. The molecule has 9 nitrogen and oxygen atoms in total. The van der Waals surface area contributed by atoms with E-state index in [0.717, 1.165) is 63.2 Å². The first kappa shape index (κ1) is 38.7. The Morgan fingerprint density at radius 2 is 1.48 bits per heavy atom. The molecule has 52 heavy (non-hydrogen) atoms. The molecule has 1 aliphatic rings. The molecule has 1 heterocycles. The van der Waals surface area contributed by atoms with Crippen LogP contribution in [0.2, 0.25) is 0 Å². The van der Waals surface area contributed by atoms with E-state index in [1.807, 2.05) is 72.8 Å². The van der Waals surface area contributed by atoms with Gasteiger partial charge in [0.15, 0.2) is 6.29 Å². The van der Waals surface area contributed by atoms with Crippen LogP contribution in [0.4, 0.5) is 5.69 Å². The predicted octanol–water partition coefficient (Wildman–Crippen LogP) is 7.70. The van der Waals surface area contributed by atoms with Crippen LogP contribution in [0.3, 0.4) is 0 Å². The van der Waals surface area contributed by atoms with Gasteiger partial charge in [-0.05, 0) is 71.0 Å². The standard InChI is InChI=1S/C42H49N3O6S/c1-28-39(27-52-38-21-19-37(20-22-38)45-30(3)48)50-42(51-41(28)34-13-11-31(26-46)12-14-34)35-17-15-33(16-18-35)36-9-7-8-32(24-36)25-44-40(49)10-5-4-6-23-43-29(2)47/h7-9,11-22,24,28,39,41-42,46H,4-6,10,23,25-27H2,1-3H3,(H,43,47)(H,44,49)(H,45,48)/t28-,39+,41+,42+/m0/s1. The molecule has 0 aliphatic carbocycles. The number of carbonyl (C=O) groups excluding carboxylic acids is 3. The zero-order valence-corrected chi connectivity index (χ0v) is 30.9. The highest BCUT2D eigenvalue weighted by Gasteiger charge is 2.38. The molecular formula is C42H49N3O6S. The molecule has 10 heteroatoms. The summed E-state index contributed by atoms with van der Waals surface area (Å²) in [6, 6.07) is 32.2. The molecule has 0 saturated carbocycles. The Morgan fingerprint density at radius 3 is 2.17 bits per heavy atom. The van der Waals surface area contributed by atoms with Gasteiger partial charge in [-0.25, -0.2) is 0 Å². The Bertz CT molecular complexity index is 1760. The second-order valence-corrected chi connectivity index (χ2v) is 14.3. The number of benzene rings is 4. The molecule has 4 aromatic carbocycles. The number of hydrogen-bond donors (Lipinski definition) is 4. The van der Waals surface area contributed by atoms with Crippen molar-refractivity contribution in [3.05, 3.63) is 119 Å². The quantitative estimate of drug-likeness (QED) is 0.0690. The van der Waals surface area contributed by atoms with Gasteiger partial charge in [-0.2, -0.15) is 0 Å². The van der Waals surface area contributed by atoms with E-state index in [2.05, 4.69) is 47.1 Å².